The third kappa shape index (κ3) is 3.28. The molecule has 2 heterocycles. The predicted octanol–water partition coefficient (Wildman–Crippen LogP) is 3.00. The van der Waals surface area contributed by atoms with Crippen LogP contribution in [0.1, 0.15) is 21.9 Å². The average molecular weight is 286 g/mol. The number of carboxylic acid groups (broad SMARTS) is 1. The lowest BCUT2D eigenvalue weighted by Gasteiger charge is -2.07. The largest absolute Gasteiger partial charge is 0.475 e. The SMILES string of the molecule is O=C(O)c1ccc(CNc2ccc(C(F)(F)F)cn2)o1. The maximum absolute atomic E-state index is 12.3. The minimum Gasteiger partial charge on any atom is -0.475 e. The third-order valence-corrected chi connectivity index (χ3v) is 2.41. The molecule has 0 bridgehead atoms. The Kier molecular flexibility index (Phi) is 3.64. The summed E-state index contributed by atoms with van der Waals surface area (Å²) in [5, 5.41) is 11.4. The normalized spacial score (nSPS) is 11.3. The van der Waals surface area contributed by atoms with E-state index in [-0.39, 0.29) is 18.1 Å². The van der Waals surface area contributed by atoms with Crippen molar-refractivity contribution in [3.05, 3.63) is 47.5 Å². The molecule has 20 heavy (non-hydrogen) atoms. The number of carbonyl (C=O) groups is 1. The Labute approximate surface area is 111 Å². The monoisotopic (exact) mass is 286 g/mol. The van der Waals surface area contributed by atoms with Crippen molar-refractivity contribution in [1.29, 1.82) is 0 Å². The van der Waals surface area contributed by atoms with Crippen LogP contribution in [0.5, 0.6) is 0 Å². The van der Waals surface area contributed by atoms with Gasteiger partial charge in [-0.05, 0) is 24.3 Å². The van der Waals surface area contributed by atoms with Gasteiger partial charge in [-0.15, -0.1) is 0 Å². The molecular weight excluding hydrogens is 277 g/mol. The number of nitrogens with one attached hydrogen (secondary N) is 1. The Morgan fingerprint density at radius 1 is 1.30 bits per heavy atom. The number of nitrogens with zero attached hydrogens (tertiary/aromatic N) is 1. The summed E-state index contributed by atoms with van der Waals surface area (Å²) in [6.45, 7) is 0.117. The van der Waals surface area contributed by atoms with Crippen LogP contribution in [0.15, 0.2) is 34.9 Å². The molecule has 5 nitrogen and oxygen atoms in total. The molecule has 0 aliphatic carbocycles. The van der Waals surface area contributed by atoms with E-state index < -0.39 is 17.7 Å². The smallest absolute Gasteiger partial charge is 0.417 e. The van der Waals surface area contributed by atoms with E-state index in [1.54, 1.807) is 0 Å². The fraction of sp³-hybridized carbons (Fsp3) is 0.167. The van der Waals surface area contributed by atoms with Gasteiger partial charge in [0, 0.05) is 6.20 Å². The lowest BCUT2D eigenvalue weighted by Crippen LogP contribution is -2.06. The maximum atomic E-state index is 12.3. The molecule has 0 radical (unpaired) electrons. The molecule has 2 rings (SSSR count). The van der Waals surface area contributed by atoms with Gasteiger partial charge in [0.25, 0.3) is 0 Å². The van der Waals surface area contributed by atoms with Crippen LogP contribution in [0, 0.1) is 0 Å². The second-order valence-corrected chi connectivity index (χ2v) is 3.85. The number of furan rings is 1. The fourth-order valence-corrected chi connectivity index (χ4v) is 1.43. The maximum Gasteiger partial charge on any atom is 0.417 e. The summed E-state index contributed by atoms with van der Waals surface area (Å²) in [6.07, 6.45) is -3.71. The van der Waals surface area contributed by atoms with Crippen LogP contribution >= 0.6 is 0 Å². The summed E-state index contributed by atoms with van der Waals surface area (Å²) in [4.78, 5) is 14.2. The first-order valence-corrected chi connectivity index (χ1v) is 5.45. The van der Waals surface area contributed by atoms with Crippen molar-refractivity contribution in [2.75, 3.05) is 5.32 Å². The Morgan fingerprint density at radius 3 is 2.55 bits per heavy atom. The molecule has 0 spiro atoms. The van der Waals surface area contributed by atoms with Crippen molar-refractivity contribution in [2.45, 2.75) is 12.7 Å². The molecule has 106 valence electrons. The van der Waals surface area contributed by atoms with E-state index in [0.29, 0.717) is 12.0 Å². The minimum absolute atomic E-state index is 0.117. The molecule has 0 saturated heterocycles. The summed E-state index contributed by atoms with van der Waals surface area (Å²) in [6, 6.07) is 4.84. The Bertz CT molecular complexity index is 605. The van der Waals surface area contributed by atoms with Crippen LogP contribution in [0.4, 0.5) is 19.0 Å². The third-order valence-electron chi connectivity index (χ3n) is 2.41. The molecule has 0 unspecified atom stereocenters. The number of alkyl halides is 3. The van der Waals surface area contributed by atoms with Crippen LogP contribution in [-0.4, -0.2) is 16.1 Å². The van der Waals surface area contributed by atoms with Crippen molar-refractivity contribution >= 4 is 11.8 Å². The molecule has 2 aromatic heterocycles. The van der Waals surface area contributed by atoms with Gasteiger partial charge in [-0.25, -0.2) is 9.78 Å². The van der Waals surface area contributed by atoms with Crippen molar-refractivity contribution in [3.63, 3.8) is 0 Å². The zero-order valence-corrected chi connectivity index (χ0v) is 9.94. The van der Waals surface area contributed by atoms with E-state index in [9.17, 15) is 18.0 Å². The van der Waals surface area contributed by atoms with Gasteiger partial charge < -0.3 is 14.8 Å². The van der Waals surface area contributed by atoms with Crippen molar-refractivity contribution < 1.29 is 27.5 Å². The number of halogens is 3. The summed E-state index contributed by atoms with van der Waals surface area (Å²) in [7, 11) is 0. The zero-order valence-electron chi connectivity index (χ0n) is 9.94. The summed E-state index contributed by atoms with van der Waals surface area (Å²) >= 11 is 0. The number of anilines is 1. The van der Waals surface area contributed by atoms with Gasteiger partial charge in [0.05, 0.1) is 12.1 Å². The van der Waals surface area contributed by atoms with Gasteiger partial charge in [0.1, 0.15) is 11.6 Å². The van der Waals surface area contributed by atoms with Crippen LogP contribution in [0.3, 0.4) is 0 Å². The van der Waals surface area contributed by atoms with E-state index in [1.165, 1.54) is 18.2 Å². The summed E-state index contributed by atoms with van der Waals surface area (Å²) in [5.74, 6) is -0.832. The quantitative estimate of drug-likeness (QED) is 0.903. The van der Waals surface area contributed by atoms with Crippen LogP contribution in [0.2, 0.25) is 0 Å². The number of aromatic nitrogens is 1. The predicted molar refractivity (Wildman–Crippen MR) is 62.2 cm³/mol. The zero-order chi connectivity index (χ0) is 14.8. The van der Waals surface area contributed by atoms with Gasteiger partial charge in [-0.1, -0.05) is 0 Å². The van der Waals surface area contributed by atoms with Crippen LogP contribution in [-0.2, 0) is 12.7 Å². The molecule has 0 aromatic carbocycles. The molecule has 0 fully saturated rings. The number of carboxylic acids is 1. The van der Waals surface area contributed by atoms with E-state index in [1.807, 2.05) is 0 Å². The molecule has 0 amide bonds. The highest BCUT2D eigenvalue weighted by molar-refractivity contribution is 5.84. The number of rotatable bonds is 4. The molecule has 8 heteroatoms. The van der Waals surface area contributed by atoms with Crippen molar-refractivity contribution in [1.82, 2.24) is 4.98 Å². The number of hydrogen-bond donors (Lipinski definition) is 2. The van der Waals surface area contributed by atoms with E-state index in [4.69, 9.17) is 9.52 Å². The Balaban J connectivity index is 1.98. The van der Waals surface area contributed by atoms with E-state index in [0.717, 1.165) is 6.07 Å². The highest BCUT2D eigenvalue weighted by Gasteiger charge is 2.30. The van der Waals surface area contributed by atoms with Gasteiger partial charge in [-0.3, -0.25) is 0 Å². The standard InChI is InChI=1S/C12H9F3N2O3/c13-12(14,15)7-1-4-10(16-5-7)17-6-8-2-3-9(20-8)11(18)19/h1-5H,6H2,(H,16,17)(H,18,19). The van der Waals surface area contributed by atoms with Gasteiger partial charge >= 0.3 is 12.1 Å². The molecule has 2 aromatic rings. The topological polar surface area (TPSA) is 75.4 Å². The van der Waals surface area contributed by atoms with Gasteiger partial charge in [0.2, 0.25) is 5.76 Å². The average Bonchev–Trinajstić information content (AvgIpc) is 2.85. The number of aromatic carboxylic acids is 1. The van der Waals surface area contributed by atoms with E-state index >= 15 is 0 Å². The molecule has 0 aliphatic rings. The minimum atomic E-state index is -4.43. The number of pyridine rings is 1. The first kappa shape index (κ1) is 13.9. The Morgan fingerprint density at radius 2 is 2.05 bits per heavy atom. The van der Waals surface area contributed by atoms with Crippen molar-refractivity contribution in [2.24, 2.45) is 0 Å². The second kappa shape index (κ2) is 5.24. The summed E-state index contributed by atoms with van der Waals surface area (Å²) < 4.78 is 41.9. The lowest BCUT2D eigenvalue weighted by atomic mass is 10.3. The van der Waals surface area contributed by atoms with Crippen molar-refractivity contribution in [3.8, 4) is 0 Å². The van der Waals surface area contributed by atoms with Gasteiger partial charge in [0.15, 0.2) is 0 Å². The molecule has 0 aliphatic heterocycles. The number of hydrogen-bond acceptors (Lipinski definition) is 4. The Hall–Kier alpha value is -2.51. The fourth-order valence-electron chi connectivity index (χ4n) is 1.43. The molecule has 0 atom stereocenters. The molecule has 2 N–H and O–H groups in total. The van der Waals surface area contributed by atoms with E-state index in [2.05, 4.69) is 10.3 Å². The summed E-state index contributed by atoms with van der Waals surface area (Å²) in [5.41, 5.74) is -0.839. The van der Waals surface area contributed by atoms with Crippen LogP contribution in [0.25, 0.3) is 0 Å². The van der Waals surface area contributed by atoms with Gasteiger partial charge in [-0.2, -0.15) is 13.2 Å². The highest BCUT2D eigenvalue weighted by Crippen LogP contribution is 2.28. The lowest BCUT2D eigenvalue weighted by molar-refractivity contribution is -0.137. The second-order valence-electron chi connectivity index (χ2n) is 3.85. The first-order chi connectivity index (χ1) is 9.36. The molecule has 0 saturated carbocycles. The van der Waals surface area contributed by atoms with Crippen LogP contribution < -0.4 is 5.32 Å². The highest BCUT2D eigenvalue weighted by atomic mass is 19.4. The first-order valence-electron chi connectivity index (χ1n) is 5.45. The molecular formula is C12H9F3N2O3.